The summed E-state index contributed by atoms with van der Waals surface area (Å²) in [5.74, 6) is -0.885. The van der Waals surface area contributed by atoms with E-state index >= 15 is 0 Å². The number of amidine groups is 1. The highest BCUT2D eigenvalue weighted by atomic mass is 32.2. The zero-order chi connectivity index (χ0) is 23.2. The van der Waals surface area contributed by atoms with Crippen LogP contribution in [0.4, 0.5) is 15.8 Å². The van der Waals surface area contributed by atoms with E-state index in [1.807, 2.05) is 60.9 Å². The number of nitrogens with one attached hydrogen (secondary N) is 1. The Morgan fingerprint density at radius 2 is 1.82 bits per heavy atom. The third-order valence-electron chi connectivity index (χ3n) is 4.70. The molecule has 1 aliphatic rings. The fourth-order valence-electron chi connectivity index (χ4n) is 3.15. The molecule has 0 saturated carbocycles. The van der Waals surface area contributed by atoms with Crippen molar-refractivity contribution in [2.75, 3.05) is 22.2 Å². The summed E-state index contributed by atoms with van der Waals surface area (Å²) in [6.45, 7) is 0. The van der Waals surface area contributed by atoms with Crippen LogP contribution in [0.15, 0.2) is 94.4 Å². The SMILES string of the molecule is CSc1cccc(NC(=O)CSC2=N/C(=C/c3ccccc3)C(=O)N2c2ccc(F)cc2)c1. The largest absolute Gasteiger partial charge is 0.325 e. The first-order chi connectivity index (χ1) is 16.0. The third-order valence-corrected chi connectivity index (χ3v) is 6.37. The fourth-order valence-corrected chi connectivity index (χ4v) is 4.42. The number of carbonyl (C=O) groups is 2. The number of benzene rings is 3. The number of aliphatic imine (C=N–C) groups is 1. The molecular formula is C25H20FN3O2S2. The second kappa shape index (κ2) is 10.5. The van der Waals surface area contributed by atoms with Gasteiger partial charge in [-0.1, -0.05) is 48.2 Å². The molecule has 1 heterocycles. The number of nitrogens with zero attached hydrogens (tertiary/aromatic N) is 2. The minimum Gasteiger partial charge on any atom is -0.325 e. The quantitative estimate of drug-likeness (QED) is 0.367. The van der Waals surface area contributed by atoms with Crippen molar-refractivity contribution >= 4 is 58.0 Å². The fraction of sp³-hybridized carbons (Fsp3) is 0.0800. The Morgan fingerprint density at radius 3 is 2.55 bits per heavy atom. The number of halogens is 1. The van der Waals surface area contributed by atoms with Gasteiger partial charge in [0.1, 0.15) is 11.5 Å². The lowest BCUT2D eigenvalue weighted by molar-refractivity contribution is -0.114. The van der Waals surface area contributed by atoms with Gasteiger partial charge in [-0.25, -0.2) is 9.38 Å². The zero-order valence-corrected chi connectivity index (χ0v) is 19.3. The minimum atomic E-state index is -0.400. The minimum absolute atomic E-state index is 0.0614. The van der Waals surface area contributed by atoms with Crippen LogP contribution >= 0.6 is 23.5 Å². The molecule has 0 aliphatic carbocycles. The topological polar surface area (TPSA) is 61.8 Å². The maximum atomic E-state index is 13.4. The lowest BCUT2D eigenvalue weighted by atomic mass is 10.2. The molecule has 1 N–H and O–H groups in total. The molecule has 0 saturated heterocycles. The first-order valence-electron chi connectivity index (χ1n) is 10.1. The van der Waals surface area contributed by atoms with Crippen molar-refractivity contribution in [2.24, 2.45) is 4.99 Å². The summed E-state index contributed by atoms with van der Waals surface area (Å²) in [5.41, 5.74) is 2.27. The molecule has 0 radical (unpaired) electrons. The van der Waals surface area contributed by atoms with E-state index in [0.29, 0.717) is 16.5 Å². The summed E-state index contributed by atoms with van der Waals surface area (Å²) in [5, 5.41) is 3.23. The molecule has 3 aromatic rings. The Balaban J connectivity index is 1.54. The molecule has 0 bridgehead atoms. The van der Waals surface area contributed by atoms with Gasteiger partial charge in [-0.3, -0.25) is 14.5 Å². The van der Waals surface area contributed by atoms with Gasteiger partial charge in [0, 0.05) is 10.6 Å². The molecule has 0 aromatic heterocycles. The van der Waals surface area contributed by atoms with Crippen molar-refractivity contribution in [1.29, 1.82) is 0 Å². The monoisotopic (exact) mass is 477 g/mol. The van der Waals surface area contributed by atoms with Gasteiger partial charge < -0.3 is 5.32 Å². The van der Waals surface area contributed by atoms with Crippen LogP contribution in [0, 0.1) is 5.82 Å². The van der Waals surface area contributed by atoms with Crippen molar-refractivity contribution in [3.8, 4) is 0 Å². The van der Waals surface area contributed by atoms with Crippen molar-refractivity contribution in [3.05, 3.63) is 95.9 Å². The molecule has 3 aromatic carbocycles. The average molecular weight is 478 g/mol. The average Bonchev–Trinajstić information content (AvgIpc) is 3.14. The number of thioether (sulfide) groups is 2. The third kappa shape index (κ3) is 5.71. The molecule has 5 nitrogen and oxygen atoms in total. The van der Waals surface area contributed by atoms with E-state index in [-0.39, 0.29) is 23.3 Å². The number of hydrogen-bond donors (Lipinski definition) is 1. The summed E-state index contributed by atoms with van der Waals surface area (Å²) < 4.78 is 13.4. The first-order valence-corrected chi connectivity index (χ1v) is 12.3. The van der Waals surface area contributed by atoms with Crippen molar-refractivity contribution in [1.82, 2.24) is 0 Å². The van der Waals surface area contributed by atoms with Gasteiger partial charge >= 0.3 is 0 Å². The summed E-state index contributed by atoms with van der Waals surface area (Å²) >= 11 is 2.74. The molecule has 0 atom stereocenters. The van der Waals surface area contributed by atoms with Crippen molar-refractivity contribution < 1.29 is 14.0 Å². The van der Waals surface area contributed by atoms with E-state index in [9.17, 15) is 14.0 Å². The maximum absolute atomic E-state index is 13.4. The summed E-state index contributed by atoms with van der Waals surface area (Å²) in [6.07, 6.45) is 3.66. The van der Waals surface area contributed by atoms with E-state index in [1.54, 1.807) is 17.8 Å². The van der Waals surface area contributed by atoms with Gasteiger partial charge in [0.2, 0.25) is 5.91 Å². The van der Waals surface area contributed by atoms with E-state index < -0.39 is 5.82 Å². The predicted molar refractivity (Wildman–Crippen MR) is 135 cm³/mol. The van der Waals surface area contributed by atoms with Gasteiger partial charge in [-0.2, -0.15) is 0 Å². The number of anilines is 2. The van der Waals surface area contributed by atoms with Crippen LogP contribution in [0.2, 0.25) is 0 Å². The predicted octanol–water partition coefficient (Wildman–Crippen LogP) is 5.66. The van der Waals surface area contributed by atoms with Gasteiger partial charge in [0.05, 0.1) is 11.4 Å². The Bertz CT molecular complexity index is 1230. The Morgan fingerprint density at radius 1 is 1.06 bits per heavy atom. The van der Waals surface area contributed by atoms with Gasteiger partial charge in [0.25, 0.3) is 5.91 Å². The van der Waals surface area contributed by atoms with E-state index in [2.05, 4.69) is 10.3 Å². The van der Waals surface area contributed by atoms with Gasteiger partial charge in [0.15, 0.2) is 5.17 Å². The van der Waals surface area contributed by atoms with Crippen LogP contribution in [0.1, 0.15) is 5.56 Å². The van der Waals surface area contributed by atoms with E-state index in [1.165, 1.54) is 29.2 Å². The number of rotatable bonds is 6. The number of amides is 2. The highest BCUT2D eigenvalue weighted by molar-refractivity contribution is 8.14. The summed E-state index contributed by atoms with van der Waals surface area (Å²) in [7, 11) is 0. The molecule has 33 heavy (non-hydrogen) atoms. The lowest BCUT2D eigenvalue weighted by Crippen LogP contribution is -2.31. The van der Waals surface area contributed by atoms with Crippen LogP contribution in [0.3, 0.4) is 0 Å². The Labute approximate surface area is 199 Å². The summed E-state index contributed by atoms with van der Waals surface area (Å²) in [4.78, 5) is 32.6. The molecule has 1 aliphatic heterocycles. The van der Waals surface area contributed by atoms with E-state index in [4.69, 9.17) is 0 Å². The Kier molecular flexibility index (Phi) is 7.26. The van der Waals surface area contributed by atoms with Gasteiger partial charge in [-0.15, -0.1) is 11.8 Å². The van der Waals surface area contributed by atoms with Crippen molar-refractivity contribution in [2.45, 2.75) is 4.90 Å². The Hall–Kier alpha value is -3.36. The zero-order valence-electron chi connectivity index (χ0n) is 17.7. The van der Waals surface area contributed by atoms with Crippen molar-refractivity contribution in [3.63, 3.8) is 0 Å². The molecule has 0 unspecified atom stereocenters. The molecule has 0 spiro atoms. The molecule has 166 valence electrons. The van der Waals surface area contributed by atoms with Crippen LogP contribution < -0.4 is 10.2 Å². The molecule has 4 rings (SSSR count). The molecule has 0 fully saturated rings. The van der Waals surface area contributed by atoms with Crippen LogP contribution in [-0.4, -0.2) is 29.0 Å². The number of carbonyl (C=O) groups excluding carboxylic acids is 2. The second-order valence-electron chi connectivity index (χ2n) is 7.02. The van der Waals surface area contributed by atoms with Crippen LogP contribution in [-0.2, 0) is 9.59 Å². The standard InChI is InChI=1S/C25H20FN3O2S2/c1-32-21-9-5-8-19(15-21)27-23(30)16-33-25-28-22(14-17-6-3-2-4-7-17)24(31)29(25)20-12-10-18(26)11-13-20/h2-15H,16H2,1H3,(H,27,30)/b22-14+. The highest BCUT2D eigenvalue weighted by Gasteiger charge is 2.32. The number of hydrogen-bond acceptors (Lipinski definition) is 5. The molecule has 2 amide bonds. The first kappa shape index (κ1) is 22.8. The van der Waals surface area contributed by atoms with E-state index in [0.717, 1.165) is 22.2 Å². The normalized spacial score (nSPS) is 14.5. The molecule has 8 heteroatoms. The summed E-state index contributed by atoms with van der Waals surface area (Å²) in [6, 6.07) is 22.6. The van der Waals surface area contributed by atoms with Crippen LogP contribution in [0.5, 0.6) is 0 Å². The second-order valence-corrected chi connectivity index (χ2v) is 8.84. The maximum Gasteiger partial charge on any atom is 0.283 e. The van der Waals surface area contributed by atoms with Crippen LogP contribution in [0.25, 0.3) is 6.08 Å². The molecular weight excluding hydrogens is 457 g/mol. The highest BCUT2D eigenvalue weighted by Crippen LogP contribution is 2.30. The lowest BCUT2D eigenvalue weighted by Gasteiger charge is -2.17. The smallest absolute Gasteiger partial charge is 0.283 e. The van der Waals surface area contributed by atoms with Gasteiger partial charge in [-0.05, 0) is 60.4 Å².